The molecule has 0 aliphatic heterocycles. The molecule has 0 spiro atoms. The summed E-state index contributed by atoms with van der Waals surface area (Å²) in [5, 5.41) is 10.6. The molecule has 0 aromatic carbocycles. The first-order chi connectivity index (χ1) is 3.62. The summed E-state index contributed by atoms with van der Waals surface area (Å²) >= 11 is 0. The molecular weight excluding hydrogens is 110 g/mol. The summed E-state index contributed by atoms with van der Waals surface area (Å²) in [5.74, 6) is 0. The van der Waals surface area contributed by atoms with Crippen LogP contribution in [0.4, 0.5) is 0 Å². The van der Waals surface area contributed by atoms with Gasteiger partial charge in [-0.3, -0.25) is 4.79 Å². The van der Waals surface area contributed by atoms with Crippen molar-refractivity contribution in [2.45, 2.75) is 0 Å². The molecule has 0 bridgehead atoms. The summed E-state index contributed by atoms with van der Waals surface area (Å²) < 4.78 is 0. The van der Waals surface area contributed by atoms with Crippen molar-refractivity contribution < 1.29 is 14.4 Å². The van der Waals surface area contributed by atoms with E-state index in [2.05, 4.69) is 4.84 Å². The average molecular weight is 119 g/mol. The van der Waals surface area contributed by atoms with Crippen molar-refractivity contribution in [2.24, 2.45) is 0 Å². The van der Waals surface area contributed by atoms with Crippen molar-refractivity contribution >= 4 is 6.29 Å². The number of hydrogen-bond acceptors (Lipinski definition) is 3. The Balaban J connectivity index is 3.53. The lowest BCUT2D eigenvalue weighted by molar-refractivity contribution is -1.04. The second kappa shape index (κ2) is 2.76. The summed E-state index contributed by atoms with van der Waals surface area (Å²) in [6, 6.07) is 0. The van der Waals surface area contributed by atoms with E-state index in [1.807, 2.05) is 0 Å². The summed E-state index contributed by atoms with van der Waals surface area (Å²) in [4.78, 5) is 13.1. The van der Waals surface area contributed by atoms with Crippen LogP contribution in [0.25, 0.3) is 0 Å². The Morgan fingerprint density at radius 3 is 2.50 bits per heavy atom. The molecule has 48 valence electrons. The normalized spacial score (nSPS) is 17.4. The van der Waals surface area contributed by atoms with E-state index < -0.39 is 4.81 Å². The molecule has 0 N–H and O–H groups in total. The van der Waals surface area contributed by atoms with E-state index in [0.717, 1.165) is 0 Å². The molecule has 0 amide bonds. The highest BCUT2D eigenvalue weighted by molar-refractivity contribution is 5.50. The zero-order valence-electron chi connectivity index (χ0n) is 4.96. The first-order valence-electron chi connectivity index (χ1n) is 2.18. The number of carbonyl (C=O) groups is 1. The lowest BCUT2D eigenvalue weighted by atomic mass is 10.7. The predicted molar refractivity (Wildman–Crippen MR) is 27.5 cm³/mol. The molecule has 4 heteroatoms. The van der Waals surface area contributed by atoms with Crippen molar-refractivity contribution in [3.63, 3.8) is 0 Å². The SMILES string of the molecule is CO[N+](C)([O-])CC=O. The smallest absolute Gasteiger partial charge is 0.177 e. The van der Waals surface area contributed by atoms with Gasteiger partial charge in [0.05, 0.1) is 14.2 Å². The maximum Gasteiger partial charge on any atom is 0.177 e. The second-order valence-electron chi connectivity index (χ2n) is 1.55. The monoisotopic (exact) mass is 119 g/mol. The molecule has 0 aromatic rings. The van der Waals surface area contributed by atoms with Crippen LogP contribution < -0.4 is 0 Å². The number of rotatable bonds is 3. The minimum atomic E-state index is -0.955. The van der Waals surface area contributed by atoms with Gasteiger partial charge in [-0.25, -0.2) is 9.65 Å². The van der Waals surface area contributed by atoms with Gasteiger partial charge < -0.3 is 5.21 Å². The summed E-state index contributed by atoms with van der Waals surface area (Å²) in [5.41, 5.74) is 0. The molecule has 0 heterocycles. The predicted octanol–water partition coefficient (Wildman–Crippen LogP) is -0.309. The molecule has 1 unspecified atom stereocenters. The lowest BCUT2D eigenvalue weighted by Gasteiger charge is -2.30. The van der Waals surface area contributed by atoms with E-state index in [0.29, 0.717) is 6.29 Å². The Kier molecular flexibility index (Phi) is 2.60. The molecule has 8 heavy (non-hydrogen) atoms. The first kappa shape index (κ1) is 7.55. The molecule has 0 rings (SSSR count). The Hall–Kier alpha value is -0.450. The highest BCUT2D eigenvalue weighted by atomic mass is 16.9. The minimum Gasteiger partial charge on any atom is -0.598 e. The van der Waals surface area contributed by atoms with Gasteiger partial charge in [0, 0.05) is 0 Å². The second-order valence-corrected chi connectivity index (χ2v) is 1.55. The number of aldehydes is 1. The summed E-state index contributed by atoms with van der Waals surface area (Å²) in [6.07, 6.45) is 0.524. The number of quaternary nitrogens is 1. The first-order valence-corrected chi connectivity index (χ1v) is 2.18. The molecule has 0 saturated carbocycles. The van der Waals surface area contributed by atoms with Crippen LogP contribution in [0, 0.1) is 5.21 Å². The van der Waals surface area contributed by atoms with Crippen LogP contribution in [-0.4, -0.2) is 31.8 Å². The van der Waals surface area contributed by atoms with Crippen LogP contribution >= 0.6 is 0 Å². The third-order valence-corrected chi connectivity index (χ3v) is 0.792. The highest BCUT2D eigenvalue weighted by Crippen LogP contribution is 1.93. The maximum atomic E-state index is 10.6. The van der Waals surface area contributed by atoms with E-state index in [1.54, 1.807) is 0 Å². The Morgan fingerprint density at radius 2 is 2.38 bits per heavy atom. The average Bonchev–Trinajstić information content (AvgIpc) is 1.67. The Bertz CT molecular complexity index is 81.4. The third kappa shape index (κ3) is 2.68. The van der Waals surface area contributed by atoms with Crippen molar-refractivity contribution in [1.82, 2.24) is 0 Å². The van der Waals surface area contributed by atoms with Crippen LogP contribution in [-0.2, 0) is 9.63 Å². The quantitative estimate of drug-likeness (QED) is 0.291. The Labute approximate surface area is 47.8 Å². The van der Waals surface area contributed by atoms with Gasteiger partial charge in [0.2, 0.25) is 0 Å². The zero-order valence-corrected chi connectivity index (χ0v) is 4.96. The van der Waals surface area contributed by atoms with E-state index in [9.17, 15) is 10.0 Å². The van der Waals surface area contributed by atoms with Gasteiger partial charge >= 0.3 is 0 Å². The number of likely N-dealkylation sites (N-methyl/N-ethyl adjacent to an activating group) is 1. The number of nitrogens with zero attached hydrogens (tertiary/aromatic N) is 1. The van der Waals surface area contributed by atoms with Crippen molar-refractivity contribution in [3.05, 3.63) is 5.21 Å². The van der Waals surface area contributed by atoms with Gasteiger partial charge in [-0.05, 0) is 0 Å². The number of carbonyl (C=O) groups excluding carboxylic acids is 1. The van der Waals surface area contributed by atoms with Crippen molar-refractivity contribution in [2.75, 3.05) is 20.7 Å². The third-order valence-electron chi connectivity index (χ3n) is 0.792. The number of hydrogen-bond donors (Lipinski definition) is 0. The van der Waals surface area contributed by atoms with Crippen LogP contribution in [0.2, 0.25) is 0 Å². The van der Waals surface area contributed by atoms with E-state index in [4.69, 9.17) is 0 Å². The largest absolute Gasteiger partial charge is 0.598 e. The molecule has 0 aliphatic rings. The Morgan fingerprint density at radius 1 is 1.88 bits per heavy atom. The van der Waals surface area contributed by atoms with E-state index in [-0.39, 0.29) is 6.54 Å². The highest BCUT2D eigenvalue weighted by Gasteiger charge is 2.05. The lowest BCUT2D eigenvalue weighted by Crippen LogP contribution is -2.37. The van der Waals surface area contributed by atoms with Crippen LogP contribution in [0.5, 0.6) is 0 Å². The zero-order chi connectivity index (χ0) is 6.62. The van der Waals surface area contributed by atoms with Gasteiger partial charge in [0.1, 0.15) is 0 Å². The van der Waals surface area contributed by atoms with Gasteiger partial charge in [0.15, 0.2) is 12.8 Å². The van der Waals surface area contributed by atoms with E-state index in [1.165, 1.54) is 14.2 Å². The minimum absolute atomic E-state index is 0.156. The van der Waals surface area contributed by atoms with Crippen LogP contribution in [0.3, 0.4) is 0 Å². The van der Waals surface area contributed by atoms with Gasteiger partial charge in [-0.2, -0.15) is 0 Å². The van der Waals surface area contributed by atoms with Crippen molar-refractivity contribution in [3.8, 4) is 0 Å². The van der Waals surface area contributed by atoms with Crippen LogP contribution in [0.15, 0.2) is 0 Å². The standard InChI is InChI=1S/C4H9NO3/c1-5(7,8-2)3-4-6/h4H,3H2,1-2H3. The molecule has 0 radical (unpaired) electrons. The molecule has 0 aliphatic carbocycles. The summed E-state index contributed by atoms with van der Waals surface area (Å²) in [7, 11) is 2.52. The molecule has 0 fully saturated rings. The van der Waals surface area contributed by atoms with Gasteiger partial charge in [0.25, 0.3) is 0 Å². The van der Waals surface area contributed by atoms with Crippen molar-refractivity contribution in [1.29, 1.82) is 0 Å². The molecule has 4 nitrogen and oxygen atoms in total. The molecular formula is C4H9NO3. The number of hydroxylamine groups is 4. The molecule has 0 aromatic heterocycles. The fourth-order valence-electron chi connectivity index (χ4n) is 0.210. The topological polar surface area (TPSA) is 49.4 Å². The maximum absolute atomic E-state index is 10.6. The summed E-state index contributed by atoms with van der Waals surface area (Å²) in [6.45, 7) is -0.156. The fourth-order valence-corrected chi connectivity index (χ4v) is 0.210. The van der Waals surface area contributed by atoms with Gasteiger partial charge in [-0.1, -0.05) is 0 Å². The van der Waals surface area contributed by atoms with E-state index >= 15 is 0 Å². The van der Waals surface area contributed by atoms with Gasteiger partial charge in [-0.15, -0.1) is 0 Å². The molecule has 0 saturated heterocycles. The van der Waals surface area contributed by atoms with Crippen LogP contribution in [0.1, 0.15) is 0 Å². The fraction of sp³-hybridized carbons (Fsp3) is 0.750. The molecule has 1 atom stereocenters.